The van der Waals surface area contributed by atoms with Gasteiger partial charge in [-0.25, -0.2) is 0 Å². The van der Waals surface area contributed by atoms with E-state index in [-0.39, 0.29) is 22.5 Å². The fraction of sp³-hybridized carbons (Fsp3) is 0.429. The first-order valence-electron chi connectivity index (χ1n) is 7.19. The second-order valence-electron chi connectivity index (χ2n) is 5.13. The van der Waals surface area contributed by atoms with Crippen molar-refractivity contribution in [3.63, 3.8) is 0 Å². The van der Waals surface area contributed by atoms with E-state index in [0.29, 0.717) is 12.1 Å². The van der Waals surface area contributed by atoms with Crippen molar-refractivity contribution in [3.05, 3.63) is 39.4 Å². The van der Waals surface area contributed by atoms with Crippen LogP contribution in [-0.2, 0) is 4.74 Å². The summed E-state index contributed by atoms with van der Waals surface area (Å²) in [6.45, 7) is 2.86. The molecule has 1 aliphatic heterocycles. The highest BCUT2D eigenvalue weighted by Crippen LogP contribution is 2.20. The van der Waals surface area contributed by atoms with Crippen molar-refractivity contribution in [2.45, 2.75) is 25.9 Å². The maximum Gasteiger partial charge on any atom is 0.273 e. The van der Waals surface area contributed by atoms with Gasteiger partial charge in [0.15, 0.2) is 5.11 Å². The Hall–Kier alpha value is -2.26. The van der Waals surface area contributed by atoms with Crippen molar-refractivity contribution in [3.8, 4) is 0 Å². The number of hydrogen-bond acceptors (Lipinski definition) is 5. The third-order valence-electron chi connectivity index (χ3n) is 3.55. The van der Waals surface area contributed by atoms with Crippen LogP contribution >= 0.6 is 12.2 Å². The van der Waals surface area contributed by atoms with Crippen LogP contribution < -0.4 is 16.2 Å². The summed E-state index contributed by atoms with van der Waals surface area (Å²) in [6.07, 6.45) is 2.15. The second-order valence-corrected chi connectivity index (χ2v) is 5.54. The predicted octanol–water partition coefficient (Wildman–Crippen LogP) is 1.19. The van der Waals surface area contributed by atoms with Crippen LogP contribution in [0.5, 0.6) is 0 Å². The molecule has 1 fully saturated rings. The Labute approximate surface area is 138 Å². The molecule has 1 amide bonds. The molecule has 0 saturated carbocycles. The molecular weight excluding hydrogens is 320 g/mol. The van der Waals surface area contributed by atoms with E-state index in [9.17, 15) is 14.9 Å². The van der Waals surface area contributed by atoms with Gasteiger partial charge < -0.3 is 10.1 Å². The Kier molecular flexibility index (Phi) is 5.83. The first-order valence-corrected chi connectivity index (χ1v) is 7.59. The summed E-state index contributed by atoms with van der Waals surface area (Å²) in [6, 6.07) is 4.34. The average Bonchev–Trinajstić information content (AvgIpc) is 3.04. The van der Waals surface area contributed by atoms with Crippen LogP contribution in [0.1, 0.15) is 28.8 Å². The molecular formula is C14H18N4O4S. The number of nitro groups is 1. The minimum absolute atomic E-state index is 0.100. The normalized spacial score (nSPS) is 16.7. The summed E-state index contributed by atoms with van der Waals surface area (Å²) in [4.78, 5) is 22.5. The molecule has 1 aromatic carbocycles. The molecule has 2 rings (SSSR count). The zero-order valence-corrected chi connectivity index (χ0v) is 13.4. The lowest BCUT2D eigenvalue weighted by Gasteiger charge is -2.15. The van der Waals surface area contributed by atoms with Crippen molar-refractivity contribution >= 4 is 28.9 Å². The molecule has 1 saturated heterocycles. The molecule has 1 heterocycles. The van der Waals surface area contributed by atoms with Gasteiger partial charge in [0.25, 0.3) is 11.6 Å². The van der Waals surface area contributed by atoms with Crippen LogP contribution in [-0.4, -0.2) is 35.2 Å². The van der Waals surface area contributed by atoms with Crippen LogP contribution in [0.4, 0.5) is 5.69 Å². The van der Waals surface area contributed by atoms with Crippen LogP contribution in [0.15, 0.2) is 18.2 Å². The maximum atomic E-state index is 12.1. The van der Waals surface area contributed by atoms with Gasteiger partial charge in [0.1, 0.15) is 0 Å². The van der Waals surface area contributed by atoms with Gasteiger partial charge in [-0.3, -0.25) is 25.8 Å². The Morgan fingerprint density at radius 1 is 1.48 bits per heavy atom. The molecule has 0 aliphatic carbocycles. The third kappa shape index (κ3) is 4.60. The maximum absolute atomic E-state index is 12.1. The minimum Gasteiger partial charge on any atom is -0.376 e. The van der Waals surface area contributed by atoms with Gasteiger partial charge in [0.05, 0.1) is 16.6 Å². The summed E-state index contributed by atoms with van der Waals surface area (Å²) >= 11 is 5.06. The highest BCUT2D eigenvalue weighted by molar-refractivity contribution is 7.80. The number of nitrogens with one attached hydrogen (secondary N) is 3. The molecule has 3 N–H and O–H groups in total. The molecule has 0 spiro atoms. The first-order chi connectivity index (χ1) is 11.0. The monoisotopic (exact) mass is 338 g/mol. The number of rotatable bonds is 4. The fourth-order valence-electron chi connectivity index (χ4n) is 2.30. The summed E-state index contributed by atoms with van der Waals surface area (Å²) < 4.78 is 5.45. The Morgan fingerprint density at radius 3 is 2.91 bits per heavy atom. The fourth-order valence-corrected chi connectivity index (χ4v) is 2.44. The molecule has 0 unspecified atom stereocenters. The quantitative estimate of drug-likeness (QED) is 0.430. The van der Waals surface area contributed by atoms with Gasteiger partial charge in [-0.05, 0) is 38.0 Å². The minimum atomic E-state index is -0.521. The van der Waals surface area contributed by atoms with Crippen molar-refractivity contribution in [1.29, 1.82) is 0 Å². The number of thiocarbonyl (C=S) groups is 1. The van der Waals surface area contributed by atoms with E-state index in [4.69, 9.17) is 17.0 Å². The second kappa shape index (κ2) is 7.84. The van der Waals surface area contributed by atoms with Crippen molar-refractivity contribution in [2.75, 3.05) is 13.2 Å². The number of hydrazine groups is 1. The van der Waals surface area contributed by atoms with E-state index >= 15 is 0 Å². The molecule has 9 heteroatoms. The SMILES string of the molecule is Cc1c(C(=O)NNC(=S)NC[C@H]2CCCO2)cccc1[N+](=O)[O-]. The number of hydrogen-bond donors (Lipinski definition) is 3. The third-order valence-corrected chi connectivity index (χ3v) is 3.80. The summed E-state index contributed by atoms with van der Waals surface area (Å²) in [5.41, 5.74) is 5.42. The Morgan fingerprint density at radius 2 is 2.26 bits per heavy atom. The smallest absolute Gasteiger partial charge is 0.273 e. The standard InChI is InChI=1S/C14H18N4O4S/c1-9-11(5-2-6-12(9)18(20)21)13(19)16-17-14(23)15-8-10-4-3-7-22-10/h2,5-6,10H,3-4,7-8H2,1H3,(H,16,19)(H2,15,17,23)/t10-/m1/s1. The number of benzene rings is 1. The van der Waals surface area contributed by atoms with Crippen LogP contribution in [0.25, 0.3) is 0 Å². The van der Waals surface area contributed by atoms with Gasteiger partial charge in [0.2, 0.25) is 0 Å². The predicted molar refractivity (Wildman–Crippen MR) is 88.0 cm³/mol. The number of nitro benzene ring substituents is 1. The van der Waals surface area contributed by atoms with Gasteiger partial charge >= 0.3 is 0 Å². The number of amides is 1. The van der Waals surface area contributed by atoms with E-state index in [1.807, 2.05) is 0 Å². The summed E-state index contributed by atoms with van der Waals surface area (Å²) in [7, 11) is 0. The molecule has 1 atom stereocenters. The van der Waals surface area contributed by atoms with Gasteiger partial charge in [-0.2, -0.15) is 0 Å². The first kappa shape index (κ1) is 17.1. The van der Waals surface area contributed by atoms with E-state index in [2.05, 4.69) is 16.2 Å². The molecule has 8 nitrogen and oxygen atoms in total. The molecule has 23 heavy (non-hydrogen) atoms. The van der Waals surface area contributed by atoms with E-state index in [1.54, 1.807) is 0 Å². The van der Waals surface area contributed by atoms with E-state index < -0.39 is 10.8 Å². The van der Waals surface area contributed by atoms with Crippen molar-refractivity contribution < 1.29 is 14.5 Å². The molecule has 0 radical (unpaired) electrons. The highest BCUT2D eigenvalue weighted by atomic mass is 32.1. The lowest BCUT2D eigenvalue weighted by molar-refractivity contribution is -0.385. The molecule has 1 aliphatic rings. The average molecular weight is 338 g/mol. The van der Waals surface area contributed by atoms with Crippen LogP contribution in [0.2, 0.25) is 0 Å². The largest absolute Gasteiger partial charge is 0.376 e. The van der Waals surface area contributed by atoms with E-state index in [0.717, 1.165) is 19.4 Å². The van der Waals surface area contributed by atoms with Gasteiger partial charge in [0, 0.05) is 24.8 Å². The van der Waals surface area contributed by atoms with Gasteiger partial charge in [-0.1, -0.05) is 6.07 Å². The van der Waals surface area contributed by atoms with E-state index in [1.165, 1.54) is 25.1 Å². The number of nitrogens with zero attached hydrogens (tertiary/aromatic N) is 1. The van der Waals surface area contributed by atoms with Crippen LogP contribution in [0, 0.1) is 17.0 Å². The number of carbonyl (C=O) groups excluding carboxylic acids is 1. The number of ether oxygens (including phenoxy) is 1. The van der Waals surface area contributed by atoms with Crippen LogP contribution in [0.3, 0.4) is 0 Å². The molecule has 124 valence electrons. The Balaban J connectivity index is 1.85. The lowest BCUT2D eigenvalue weighted by atomic mass is 10.1. The summed E-state index contributed by atoms with van der Waals surface area (Å²) in [5.74, 6) is -0.493. The highest BCUT2D eigenvalue weighted by Gasteiger charge is 2.18. The zero-order valence-electron chi connectivity index (χ0n) is 12.6. The molecule has 0 aromatic heterocycles. The molecule has 1 aromatic rings. The van der Waals surface area contributed by atoms with Gasteiger partial charge in [-0.15, -0.1) is 0 Å². The zero-order chi connectivity index (χ0) is 16.8. The molecule has 0 bridgehead atoms. The van der Waals surface area contributed by atoms with Crippen molar-refractivity contribution in [1.82, 2.24) is 16.2 Å². The summed E-state index contributed by atoms with van der Waals surface area (Å²) in [5, 5.41) is 14.1. The number of carbonyl (C=O) groups is 1. The van der Waals surface area contributed by atoms with Crippen molar-refractivity contribution in [2.24, 2.45) is 0 Å². The Bertz CT molecular complexity index is 617. The lowest BCUT2D eigenvalue weighted by Crippen LogP contribution is -2.48. The topological polar surface area (TPSA) is 106 Å².